The minimum atomic E-state index is -0.813. The summed E-state index contributed by atoms with van der Waals surface area (Å²) in [6, 6.07) is 0. The minimum absolute atomic E-state index is 0.113. The van der Waals surface area contributed by atoms with Crippen molar-refractivity contribution in [1.29, 1.82) is 0 Å². The van der Waals surface area contributed by atoms with Crippen LogP contribution in [0.5, 0.6) is 0 Å². The van der Waals surface area contributed by atoms with Crippen molar-refractivity contribution in [1.82, 2.24) is 0 Å². The third kappa shape index (κ3) is 36.1. The van der Waals surface area contributed by atoms with E-state index in [4.69, 9.17) is 14.2 Å². The van der Waals surface area contributed by atoms with Gasteiger partial charge in [-0.15, -0.1) is 0 Å². The highest BCUT2D eigenvalue weighted by Gasteiger charge is 2.19. The molecular weight excluding hydrogens is 624 g/mol. The number of ether oxygens (including phenoxy) is 3. The number of rotatable bonds is 34. The summed E-state index contributed by atoms with van der Waals surface area (Å²) in [4.78, 5) is 37.4. The first-order valence-electron chi connectivity index (χ1n) is 20.0. The van der Waals surface area contributed by atoms with Crippen LogP contribution < -0.4 is 0 Å². The lowest BCUT2D eigenvalue weighted by atomic mass is 10.1. The molecule has 1 atom stereocenters. The van der Waals surface area contributed by atoms with Crippen LogP contribution in [-0.4, -0.2) is 37.2 Å². The number of carbonyl (C=O) groups excluding carboxylic acids is 3. The van der Waals surface area contributed by atoms with E-state index in [2.05, 4.69) is 75.5 Å². The number of carbonyl (C=O) groups is 3. The molecule has 0 heterocycles. The molecule has 1 unspecified atom stereocenters. The molecule has 0 amide bonds. The number of hydrogen-bond donors (Lipinski definition) is 0. The molecule has 50 heavy (non-hydrogen) atoms. The fourth-order valence-corrected chi connectivity index (χ4v) is 5.09. The van der Waals surface area contributed by atoms with Crippen LogP contribution in [0.25, 0.3) is 0 Å². The van der Waals surface area contributed by atoms with Crippen LogP contribution in [0.1, 0.15) is 168 Å². The summed E-state index contributed by atoms with van der Waals surface area (Å²) >= 11 is 0. The zero-order chi connectivity index (χ0) is 36.6. The molecular formula is C44H72O6. The Hall–Kier alpha value is -3.15. The predicted molar refractivity (Wildman–Crippen MR) is 210 cm³/mol. The maximum absolute atomic E-state index is 12.6. The average molecular weight is 697 g/mol. The maximum Gasteiger partial charge on any atom is 0.309 e. The SMILES string of the molecule is CC\C=C/C=C\C=C/CCCCCCCC(=O)OCC(COC(=O)C/C=C\C/C=C\C/C=C\CC)OC(=O)CCCCCCCCCCCC. The number of unbranched alkanes of at least 4 members (excludes halogenated alkanes) is 14. The normalized spacial score (nSPS) is 12.8. The number of hydrogen-bond acceptors (Lipinski definition) is 6. The molecule has 0 aliphatic heterocycles. The van der Waals surface area contributed by atoms with Crippen LogP contribution >= 0.6 is 0 Å². The van der Waals surface area contributed by atoms with Gasteiger partial charge in [0.05, 0.1) is 6.42 Å². The Bertz CT molecular complexity index is 986. The van der Waals surface area contributed by atoms with Gasteiger partial charge < -0.3 is 14.2 Å². The van der Waals surface area contributed by atoms with Crippen LogP contribution in [0.4, 0.5) is 0 Å². The molecule has 0 aromatic heterocycles. The van der Waals surface area contributed by atoms with Gasteiger partial charge in [-0.3, -0.25) is 14.4 Å². The highest BCUT2D eigenvalue weighted by Crippen LogP contribution is 2.13. The Morgan fingerprint density at radius 1 is 0.460 bits per heavy atom. The predicted octanol–water partition coefficient (Wildman–Crippen LogP) is 12.4. The lowest BCUT2D eigenvalue weighted by Crippen LogP contribution is -2.30. The topological polar surface area (TPSA) is 78.9 Å². The maximum atomic E-state index is 12.6. The summed E-state index contributed by atoms with van der Waals surface area (Å²) < 4.78 is 16.5. The van der Waals surface area contributed by atoms with E-state index in [0.29, 0.717) is 12.8 Å². The van der Waals surface area contributed by atoms with Gasteiger partial charge in [0.2, 0.25) is 0 Å². The molecule has 0 aliphatic carbocycles. The smallest absolute Gasteiger partial charge is 0.309 e. The van der Waals surface area contributed by atoms with Crippen molar-refractivity contribution in [2.75, 3.05) is 13.2 Å². The zero-order valence-corrected chi connectivity index (χ0v) is 32.1. The van der Waals surface area contributed by atoms with Crippen LogP contribution in [0.15, 0.2) is 72.9 Å². The summed E-state index contributed by atoms with van der Waals surface area (Å²) in [5.74, 6) is -1.07. The summed E-state index contributed by atoms with van der Waals surface area (Å²) in [6.07, 6.45) is 46.3. The molecule has 0 radical (unpaired) electrons. The third-order valence-corrected chi connectivity index (χ3v) is 8.05. The monoisotopic (exact) mass is 697 g/mol. The first-order valence-corrected chi connectivity index (χ1v) is 20.0. The largest absolute Gasteiger partial charge is 0.462 e. The Morgan fingerprint density at radius 3 is 1.54 bits per heavy atom. The first kappa shape index (κ1) is 46.9. The number of esters is 3. The summed E-state index contributed by atoms with van der Waals surface area (Å²) in [5.41, 5.74) is 0. The van der Waals surface area contributed by atoms with Crippen LogP contribution in [-0.2, 0) is 28.6 Å². The highest BCUT2D eigenvalue weighted by molar-refractivity contribution is 5.72. The standard InChI is InChI=1S/C44H72O6/c1-4-7-10-13-16-19-21-22-23-26-28-31-34-37-43(46)49-40-41(39-48-42(45)36-33-30-27-24-18-15-12-9-6-3)50-44(47)38-35-32-29-25-20-17-14-11-8-5-2/h7,9-10,12-13,16,18-19,21,24,30,33,41H,4-6,8,11,14-15,17,20,22-23,25-29,31-32,34-40H2,1-3H3/b10-7-,12-9-,16-13-,21-19-,24-18-,33-30-. The Morgan fingerprint density at radius 2 is 0.940 bits per heavy atom. The molecule has 6 nitrogen and oxygen atoms in total. The van der Waals surface area contributed by atoms with E-state index in [9.17, 15) is 14.4 Å². The lowest BCUT2D eigenvalue weighted by Gasteiger charge is -2.18. The van der Waals surface area contributed by atoms with Crippen LogP contribution in [0.3, 0.4) is 0 Å². The molecule has 0 aromatic carbocycles. The lowest BCUT2D eigenvalue weighted by molar-refractivity contribution is -0.166. The first-order chi connectivity index (χ1) is 24.5. The van der Waals surface area contributed by atoms with Gasteiger partial charge in [-0.2, -0.15) is 0 Å². The van der Waals surface area contributed by atoms with E-state index in [1.54, 1.807) is 6.08 Å². The van der Waals surface area contributed by atoms with Gasteiger partial charge in [-0.05, 0) is 51.4 Å². The molecule has 0 aromatic rings. The van der Waals surface area contributed by atoms with Gasteiger partial charge in [-0.1, -0.05) is 171 Å². The highest BCUT2D eigenvalue weighted by atomic mass is 16.6. The summed E-state index contributed by atoms with van der Waals surface area (Å²) in [5, 5.41) is 0. The van der Waals surface area contributed by atoms with Crippen molar-refractivity contribution in [2.24, 2.45) is 0 Å². The van der Waals surface area contributed by atoms with E-state index in [1.165, 1.54) is 44.9 Å². The van der Waals surface area contributed by atoms with Crippen molar-refractivity contribution in [3.05, 3.63) is 72.9 Å². The number of allylic oxidation sites excluding steroid dienone is 11. The molecule has 0 N–H and O–H groups in total. The second-order valence-electron chi connectivity index (χ2n) is 12.9. The van der Waals surface area contributed by atoms with Gasteiger partial charge >= 0.3 is 17.9 Å². The molecule has 0 saturated carbocycles. The van der Waals surface area contributed by atoms with Crippen molar-refractivity contribution in [3.63, 3.8) is 0 Å². The minimum Gasteiger partial charge on any atom is -0.462 e. The fraction of sp³-hybridized carbons (Fsp3) is 0.659. The second kappa shape index (κ2) is 38.6. The van der Waals surface area contributed by atoms with Gasteiger partial charge in [0.15, 0.2) is 6.10 Å². The molecule has 0 bridgehead atoms. The van der Waals surface area contributed by atoms with Crippen molar-refractivity contribution in [3.8, 4) is 0 Å². The van der Waals surface area contributed by atoms with Crippen molar-refractivity contribution < 1.29 is 28.6 Å². The molecule has 284 valence electrons. The van der Waals surface area contributed by atoms with Crippen molar-refractivity contribution in [2.45, 2.75) is 175 Å². The summed E-state index contributed by atoms with van der Waals surface area (Å²) in [6.45, 7) is 6.22. The molecule has 6 heteroatoms. The molecule has 0 fully saturated rings. The zero-order valence-electron chi connectivity index (χ0n) is 32.1. The fourth-order valence-electron chi connectivity index (χ4n) is 5.09. The Balaban J connectivity index is 4.49. The quantitative estimate of drug-likeness (QED) is 0.0219. The van der Waals surface area contributed by atoms with E-state index < -0.39 is 12.1 Å². The Kier molecular flexibility index (Phi) is 36.2. The van der Waals surface area contributed by atoms with Gasteiger partial charge in [0, 0.05) is 12.8 Å². The van der Waals surface area contributed by atoms with Gasteiger partial charge in [0.25, 0.3) is 0 Å². The second-order valence-corrected chi connectivity index (χ2v) is 12.9. The average Bonchev–Trinajstić information content (AvgIpc) is 3.11. The molecule has 0 spiro atoms. The van der Waals surface area contributed by atoms with Gasteiger partial charge in [0.1, 0.15) is 13.2 Å². The van der Waals surface area contributed by atoms with E-state index >= 15 is 0 Å². The molecule has 0 aliphatic rings. The molecule has 0 saturated heterocycles. The third-order valence-electron chi connectivity index (χ3n) is 8.05. The van der Waals surface area contributed by atoms with E-state index in [-0.39, 0.29) is 31.6 Å². The Labute approximate surface area is 306 Å². The summed E-state index contributed by atoms with van der Waals surface area (Å²) in [7, 11) is 0. The van der Waals surface area contributed by atoms with Crippen molar-refractivity contribution >= 4 is 17.9 Å². The van der Waals surface area contributed by atoms with Crippen LogP contribution in [0, 0.1) is 0 Å². The molecule has 0 rings (SSSR count). The van der Waals surface area contributed by atoms with E-state index in [0.717, 1.165) is 83.5 Å². The van der Waals surface area contributed by atoms with E-state index in [1.807, 2.05) is 12.2 Å². The van der Waals surface area contributed by atoms with Crippen LogP contribution in [0.2, 0.25) is 0 Å². The van der Waals surface area contributed by atoms with Gasteiger partial charge in [-0.25, -0.2) is 0 Å².